The average Bonchev–Trinajstić information content (AvgIpc) is 2.82. The third-order valence-corrected chi connectivity index (χ3v) is 7.33. The first-order valence-electron chi connectivity index (χ1n) is 8.45. The van der Waals surface area contributed by atoms with Crippen molar-refractivity contribution in [2.75, 3.05) is 0 Å². The van der Waals surface area contributed by atoms with Crippen LogP contribution in [0.2, 0.25) is 0 Å². The number of hydrogen-bond acceptors (Lipinski definition) is 3. The molecule has 7 heteroatoms. The summed E-state index contributed by atoms with van der Waals surface area (Å²) in [6, 6.07) is 7.01. The molecule has 0 aliphatic heterocycles. The van der Waals surface area contributed by atoms with E-state index < -0.39 is 21.4 Å². The summed E-state index contributed by atoms with van der Waals surface area (Å²) < 4.78 is 43.7. The summed E-state index contributed by atoms with van der Waals surface area (Å²) in [5.74, 6) is 0.124. The summed E-state index contributed by atoms with van der Waals surface area (Å²) in [4.78, 5) is 0.464. The van der Waals surface area contributed by atoms with E-state index in [2.05, 4.69) is 4.72 Å². The first-order chi connectivity index (χ1) is 11.9. The van der Waals surface area contributed by atoms with Crippen LogP contribution in [-0.4, -0.2) is 14.0 Å². The van der Waals surface area contributed by atoms with E-state index in [-0.39, 0.29) is 15.7 Å². The zero-order chi connectivity index (χ0) is 19.7. The standard InChI is InChI=1S/C19H25ClFNO2S2/c1-12(2)10-15-17(21)16(14-8-6-13(11-20)7-9-14)18(25-15)26(23,24)22-19(3,4)5/h6-9,12,22H,10-11H2,1-5H3. The van der Waals surface area contributed by atoms with Gasteiger partial charge in [-0.25, -0.2) is 17.5 Å². The maximum Gasteiger partial charge on any atom is 0.251 e. The Morgan fingerprint density at radius 1 is 1.19 bits per heavy atom. The first kappa shape index (κ1) is 21.4. The van der Waals surface area contributed by atoms with Crippen LogP contribution in [0.3, 0.4) is 0 Å². The fourth-order valence-corrected chi connectivity index (χ4v) is 6.14. The number of nitrogens with one attached hydrogen (secondary N) is 1. The van der Waals surface area contributed by atoms with Crippen LogP contribution >= 0.6 is 22.9 Å². The molecule has 1 aromatic carbocycles. The molecule has 144 valence electrons. The molecule has 0 saturated carbocycles. The lowest BCUT2D eigenvalue weighted by Crippen LogP contribution is -2.40. The van der Waals surface area contributed by atoms with Crippen LogP contribution in [0.4, 0.5) is 4.39 Å². The molecular formula is C19H25ClFNO2S2. The van der Waals surface area contributed by atoms with Crippen molar-refractivity contribution in [3.8, 4) is 11.1 Å². The van der Waals surface area contributed by atoms with Crippen molar-refractivity contribution in [1.29, 1.82) is 0 Å². The van der Waals surface area contributed by atoms with Gasteiger partial charge in [0.1, 0.15) is 10.0 Å². The number of halogens is 2. The number of sulfonamides is 1. The fraction of sp³-hybridized carbons (Fsp3) is 0.474. The van der Waals surface area contributed by atoms with Crippen LogP contribution in [-0.2, 0) is 22.3 Å². The van der Waals surface area contributed by atoms with E-state index in [0.717, 1.165) is 16.9 Å². The fourth-order valence-electron chi connectivity index (χ4n) is 2.58. The van der Waals surface area contributed by atoms with Crippen molar-refractivity contribution in [2.24, 2.45) is 5.92 Å². The Bertz CT molecular complexity index is 866. The molecular weight excluding hydrogens is 393 g/mol. The highest BCUT2D eigenvalue weighted by Crippen LogP contribution is 2.40. The average molecular weight is 418 g/mol. The van der Waals surface area contributed by atoms with E-state index in [0.29, 0.717) is 22.7 Å². The minimum Gasteiger partial charge on any atom is -0.206 e. The molecule has 0 saturated heterocycles. The minimum atomic E-state index is -3.85. The Balaban J connectivity index is 2.65. The van der Waals surface area contributed by atoms with Crippen molar-refractivity contribution in [3.05, 3.63) is 40.5 Å². The van der Waals surface area contributed by atoms with Crippen molar-refractivity contribution in [1.82, 2.24) is 4.72 Å². The summed E-state index contributed by atoms with van der Waals surface area (Å²) in [5.41, 5.74) is 0.920. The second-order valence-corrected chi connectivity index (χ2v) is 11.0. The lowest BCUT2D eigenvalue weighted by atomic mass is 10.0. The van der Waals surface area contributed by atoms with E-state index in [9.17, 15) is 8.42 Å². The highest BCUT2D eigenvalue weighted by molar-refractivity contribution is 7.91. The lowest BCUT2D eigenvalue weighted by molar-refractivity contribution is 0.492. The van der Waals surface area contributed by atoms with Crippen LogP contribution in [0.5, 0.6) is 0 Å². The summed E-state index contributed by atoms with van der Waals surface area (Å²) >= 11 is 6.83. The maximum absolute atomic E-state index is 15.2. The number of benzene rings is 1. The summed E-state index contributed by atoms with van der Waals surface area (Å²) in [5, 5.41) is 0. The molecule has 2 rings (SSSR count). The monoisotopic (exact) mass is 417 g/mol. The van der Waals surface area contributed by atoms with Crippen molar-refractivity contribution in [3.63, 3.8) is 0 Å². The van der Waals surface area contributed by atoms with Crippen LogP contribution in [0, 0.1) is 11.7 Å². The Morgan fingerprint density at radius 3 is 2.23 bits per heavy atom. The zero-order valence-corrected chi connectivity index (χ0v) is 18.1. The SMILES string of the molecule is CC(C)Cc1sc(S(=O)(=O)NC(C)(C)C)c(-c2ccc(CCl)cc2)c1F. The van der Waals surface area contributed by atoms with Gasteiger partial charge in [-0.3, -0.25) is 0 Å². The molecule has 1 heterocycles. The van der Waals surface area contributed by atoms with E-state index in [1.165, 1.54) is 0 Å². The van der Waals surface area contributed by atoms with E-state index in [1.807, 2.05) is 13.8 Å². The molecule has 0 aliphatic carbocycles. The summed E-state index contributed by atoms with van der Waals surface area (Å²) in [6.45, 7) is 9.25. The zero-order valence-electron chi connectivity index (χ0n) is 15.7. The highest BCUT2D eigenvalue weighted by atomic mass is 35.5. The van der Waals surface area contributed by atoms with Crippen LogP contribution in [0.15, 0.2) is 28.5 Å². The summed E-state index contributed by atoms with van der Waals surface area (Å²) in [7, 11) is -3.85. The maximum atomic E-state index is 15.2. The molecule has 0 aliphatic rings. The van der Waals surface area contributed by atoms with Gasteiger partial charge in [-0.2, -0.15) is 0 Å². The molecule has 1 N–H and O–H groups in total. The lowest BCUT2D eigenvalue weighted by Gasteiger charge is -2.20. The normalized spacial score (nSPS) is 12.8. The molecule has 1 aromatic heterocycles. The van der Waals surface area contributed by atoms with E-state index in [1.54, 1.807) is 45.0 Å². The first-order valence-corrected chi connectivity index (χ1v) is 11.3. The van der Waals surface area contributed by atoms with Gasteiger partial charge in [-0.05, 0) is 44.2 Å². The van der Waals surface area contributed by atoms with E-state index >= 15 is 4.39 Å². The third kappa shape index (κ3) is 5.06. The second kappa shape index (κ2) is 7.97. The van der Waals surface area contributed by atoms with Gasteiger partial charge in [-0.15, -0.1) is 22.9 Å². The Hall–Kier alpha value is -0.950. The van der Waals surface area contributed by atoms with Gasteiger partial charge < -0.3 is 0 Å². The van der Waals surface area contributed by atoms with Crippen LogP contribution in [0.1, 0.15) is 45.1 Å². The Kier molecular flexibility index (Phi) is 6.54. The van der Waals surface area contributed by atoms with Gasteiger partial charge in [-0.1, -0.05) is 38.1 Å². The molecule has 0 atom stereocenters. The molecule has 0 unspecified atom stereocenters. The van der Waals surface area contributed by atoms with Gasteiger partial charge in [0.15, 0.2) is 0 Å². The smallest absolute Gasteiger partial charge is 0.206 e. The Labute approximate surface area is 164 Å². The van der Waals surface area contributed by atoms with Crippen molar-refractivity contribution < 1.29 is 12.8 Å². The molecule has 3 nitrogen and oxygen atoms in total. The van der Waals surface area contributed by atoms with Crippen molar-refractivity contribution in [2.45, 2.75) is 56.7 Å². The number of alkyl halides is 1. The van der Waals surface area contributed by atoms with Crippen molar-refractivity contribution >= 4 is 33.0 Å². The summed E-state index contributed by atoms with van der Waals surface area (Å²) in [6.07, 6.45) is 0.494. The molecule has 0 radical (unpaired) electrons. The molecule has 0 bridgehead atoms. The Morgan fingerprint density at radius 2 is 1.77 bits per heavy atom. The topological polar surface area (TPSA) is 46.2 Å². The molecule has 26 heavy (non-hydrogen) atoms. The molecule has 2 aromatic rings. The van der Waals surface area contributed by atoms with Gasteiger partial charge in [0.25, 0.3) is 10.0 Å². The number of thiophene rings is 1. The third-order valence-electron chi connectivity index (χ3n) is 3.56. The second-order valence-electron chi connectivity index (χ2n) is 7.79. The quantitative estimate of drug-likeness (QED) is 0.624. The number of rotatable bonds is 6. The number of hydrogen-bond donors (Lipinski definition) is 1. The van der Waals surface area contributed by atoms with Crippen LogP contribution in [0.25, 0.3) is 11.1 Å². The van der Waals surface area contributed by atoms with Gasteiger partial charge in [0.05, 0.1) is 0 Å². The predicted octanol–water partition coefficient (Wildman–Crippen LogP) is 5.57. The van der Waals surface area contributed by atoms with E-state index in [4.69, 9.17) is 11.6 Å². The molecule has 0 spiro atoms. The molecule has 0 amide bonds. The minimum absolute atomic E-state index is 0.0270. The largest absolute Gasteiger partial charge is 0.251 e. The predicted molar refractivity (Wildman–Crippen MR) is 108 cm³/mol. The van der Waals surface area contributed by atoms with Gasteiger partial charge in [0.2, 0.25) is 0 Å². The molecule has 0 fully saturated rings. The highest BCUT2D eigenvalue weighted by Gasteiger charge is 2.31. The van der Waals surface area contributed by atoms with Crippen LogP contribution < -0.4 is 4.72 Å². The van der Waals surface area contributed by atoms with Gasteiger partial charge >= 0.3 is 0 Å². The van der Waals surface area contributed by atoms with Gasteiger partial charge in [0, 0.05) is 21.9 Å².